The van der Waals surface area contributed by atoms with Crippen molar-refractivity contribution < 1.29 is 13.7 Å². The van der Waals surface area contributed by atoms with Crippen LogP contribution in [-0.2, 0) is 20.3 Å². The fourth-order valence-corrected chi connectivity index (χ4v) is 2.39. The maximum absolute atomic E-state index is 11.9. The van der Waals surface area contributed by atoms with Crippen LogP contribution in [0.15, 0.2) is 29.2 Å². The fourth-order valence-electron chi connectivity index (χ4n) is 1.20. The molecular weight excluding hydrogens is 212 g/mol. The summed E-state index contributed by atoms with van der Waals surface area (Å²) in [5.74, 6) is -0.449. The molecule has 15 heavy (non-hydrogen) atoms. The number of esters is 1. The second-order valence-electron chi connectivity index (χ2n) is 3.28. The van der Waals surface area contributed by atoms with Gasteiger partial charge in [-0.1, -0.05) is 12.1 Å². The molecule has 0 aliphatic carbocycles. The van der Waals surface area contributed by atoms with Gasteiger partial charge >= 0.3 is 5.97 Å². The van der Waals surface area contributed by atoms with Crippen molar-refractivity contribution in [2.75, 3.05) is 7.11 Å². The lowest BCUT2D eigenvalue weighted by atomic mass is 10.2. The molecule has 0 saturated heterocycles. The zero-order valence-electron chi connectivity index (χ0n) is 9.02. The van der Waals surface area contributed by atoms with Crippen molar-refractivity contribution in [3.63, 3.8) is 0 Å². The summed E-state index contributed by atoms with van der Waals surface area (Å²) in [6, 6.07) is 7.31. The zero-order chi connectivity index (χ0) is 11.4. The Labute approximate surface area is 91.9 Å². The minimum atomic E-state index is -1.34. The van der Waals surface area contributed by atoms with E-state index in [4.69, 9.17) is 0 Å². The Morgan fingerprint density at radius 3 is 2.67 bits per heavy atom. The van der Waals surface area contributed by atoms with E-state index >= 15 is 0 Å². The van der Waals surface area contributed by atoms with Gasteiger partial charge in [0.25, 0.3) is 0 Å². The van der Waals surface area contributed by atoms with Crippen LogP contribution in [0.4, 0.5) is 0 Å². The van der Waals surface area contributed by atoms with Crippen LogP contribution in [0, 0.1) is 6.92 Å². The topological polar surface area (TPSA) is 43.4 Å². The summed E-state index contributed by atoms with van der Waals surface area (Å²) in [6.45, 7) is 3.52. The van der Waals surface area contributed by atoms with E-state index in [0.717, 1.165) is 5.56 Å². The summed E-state index contributed by atoms with van der Waals surface area (Å²) in [6.07, 6.45) is 0. The van der Waals surface area contributed by atoms with Crippen LogP contribution in [-0.4, -0.2) is 22.5 Å². The Bertz CT molecular complexity index is 387. The molecule has 0 fully saturated rings. The Kier molecular flexibility index (Phi) is 4.03. The number of carbonyl (C=O) groups is 1. The Morgan fingerprint density at radius 2 is 2.13 bits per heavy atom. The predicted molar refractivity (Wildman–Crippen MR) is 59.1 cm³/mol. The van der Waals surface area contributed by atoms with Gasteiger partial charge in [0, 0.05) is 4.90 Å². The van der Waals surface area contributed by atoms with Gasteiger partial charge in [0.1, 0.15) is 5.25 Å². The van der Waals surface area contributed by atoms with E-state index in [9.17, 15) is 9.00 Å². The molecule has 0 aliphatic heterocycles. The molecule has 0 aliphatic rings. The molecule has 82 valence electrons. The van der Waals surface area contributed by atoms with Crippen LogP contribution >= 0.6 is 0 Å². The number of hydrogen-bond donors (Lipinski definition) is 0. The van der Waals surface area contributed by atoms with Crippen molar-refractivity contribution in [3.05, 3.63) is 29.8 Å². The molecule has 2 unspecified atom stereocenters. The van der Waals surface area contributed by atoms with E-state index in [1.807, 2.05) is 25.1 Å². The highest BCUT2D eigenvalue weighted by atomic mass is 32.2. The van der Waals surface area contributed by atoms with E-state index in [-0.39, 0.29) is 0 Å². The largest absolute Gasteiger partial charge is 0.468 e. The van der Waals surface area contributed by atoms with Crippen LogP contribution in [0.1, 0.15) is 12.5 Å². The molecule has 4 heteroatoms. The van der Waals surface area contributed by atoms with Crippen molar-refractivity contribution in [2.24, 2.45) is 0 Å². The molecule has 0 aromatic heterocycles. The quantitative estimate of drug-likeness (QED) is 0.736. The Morgan fingerprint density at radius 1 is 1.47 bits per heavy atom. The molecule has 0 bridgehead atoms. The van der Waals surface area contributed by atoms with Crippen molar-refractivity contribution in [1.82, 2.24) is 0 Å². The maximum atomic E-state index is 11.9. The first kappa shape index (κ1) is 11.9. The molecule has 2 atom stereocenters. The number of ether oxygens (including phenoxy) is 1. The first-order valence-electron chi connectivity index (χ1n) is 4.61. The summed E-state index contributed by atoms with van der Waals surface area (Å²) in [5, 5.41) is -0.628. The lowest BCUT2D eigenvalue weighted by molar-refractivity contribution is -0.139. The molecule has 0 N–H and O–H groups in total. The van der Waals surface area contributed by atoms with Crippen molar-refractivity contribution in [3.8, 4) is 0 Å². The molecule has 0 spiro atoms. The molecule has 1 aromatic carbocycles. The molecule has 0 saturated carbocycles. The van der Waals surface area contributed by atoms with E-state index in [1.54, 1.807) is 13.0 Å². The number of hydrogen-bond acceptors (Lipinski definition) is 3. The summed E-state index contributed by atoms with van der Waals surface area (Å²) >= 11 is 0. The maximum Gasteiger partial charge on any atom is 0.321 e. The third kappa shape index (κ3) is 2.89. The van der Waals surface area contributed by atoms with Gasteiger partial charge in [0.05, 0.1) is 17.9 Å². The Balaban J connectivity index is 2.90. The summed E-state index contributed by atoms with van der Waals surface area (Å²) in [4.78, 5) is 11.9. The monoisotopic (exact) mass is 226 g/mol. The predicted octanol–water partition coefficient (Wildman–Crippen LogP) is 1.66. The highest BCUT2D eigenvalue weighted by Gasteiger charge is 2.21. The molecule has 0 radical (unpaired) electrons. The van der Waals surface area contributed by atoms with E-state index in [2.05, 4.69) is 4.74 Å². The van der Waals surface area contributed by atoms with Gasteiger partial charge in [-0.2, -0.15) is 0 Å². The first-order valence-corrected chi connectivity index (χ1v) is 5.82. The smallest absolute Gasteiger partial charge is 0.321 e. The SMILES string of the molecule is COC(=O)C(C)S(=O)c1cccc(C)c1. The van der Waals surface area contributed by atoms with Gasteiger partial charge in [0.2, 0.25) is 0 Å². The molecule has 1 rings (SSSR count). The van der Waals surface area contributed by atoms with Crippen LogP contribution in [0.25, 0.3) is 0 Å². The molecule has 1 aromatic rings. The second-order valence-corrected chi connectivity index (χ2v) is 5.05. The van der Waals surface area contributed by atoms with Gasteiger partial charge in [-0.05, 0) is 31.5 Å². The third-order valence-corrected chi connectivity index (χ3v) is 3.63. The van der Waals surface area contributed by atoms with Crippen molar-refractivity contribution in [2.45, 2.75) is 24.0 Å². The number of rotatable bonds is 3. The van der Waals surface area contributed by atoms with Crippen LogP contribution in [0.2, 0.25) is 0 Å². The second kappa shape index (κ2) is 5.07. The number of aryl methyl sites for hydroxylation is 1. The van der Waals surface area contributed by atoms with Gasteiger partial charge in [-0.25, -0.2) is 0 Å². The standard InChI is InChI=1S/C11H14O3S/c1-8-5-4-6-10(7-8)15(13)9(2)11(12)14-3/h4-7,9H,1-3H3. The van der Waals surface area contributed by atoms with Gasteiger partial charge < -0.3 is 4.74 Å². The lowest BCUT2D eigenvalue weighted by Crippen LogP contribution is -2.23. The van der Waals surface area contributed by atoms with Crippen molar-refractivity contribution >= 4 is 16.8 Å². The fraction of sp³-hybridized carbons (Fsp3) is 0.364. The normalized spacial score (nSPS) is 14.3. The summed E-state index contributed by atoms with van der Waals surface area (Å²) in [5.41, 5.74) is 1.03. The minimum Gasteiger partial charge on any atom is -0.468 e. The first-order chi connectivity index (χ1) is 7.06. The van der Waals surface area contributed by atoms with E-state index in [1.165, 1.54) is 7.11 Å². The van der Waals surface area contributed by atoms with Crippen molar-refractivity contribution in [1.29, 1.82) is 0 Å². The van der Waals surface area contributed by atoms with Gasteiger partial charge in [-0.15, -0.1) is 0 Å². The minimum absolute atomic E-state index is 0.449. The van der Waals surface area contributed by atoms with Gasteiger partial charge in [-0.3, -0.25) is 9.00 Å². The molecule has 3 nitrogen and oxygen atoms in total. The average Bonchev–Trinajstić information content (AvgIpc) is 2.26. The van der Waals surface area contributed by atoms with E-state index < -0.39 is 22.0 Å². The molecule has 0 amide bonds. The van der Waals surface area contributed by atoms with Crippen LogP contribution in [0.3, 0.4) is 0 Å². The number of methoxy groups -OCH3 is 1. The average molecular weight is 226 g/mol. The van der Waals surface area contributed by atoms with Crippen LogP contribution in [0.5, 0.6) is 0 Å². The third-order valence-electron chi connectivity index (χ3n) is 2.08. The Hall–Kier alpha value is -1.16. The highest BCUT2D eigenvalue weighted by molar-refractivity contribution is 7.86. The summed E-state index contributed by atoms with van der Waals surface area (Å²) < 4.78 is 16.5. The van der Waals surface area contributed by atoms with E-state index in [0.29, 0.717) is 4.90 Å². The number of carbonyl (C=O) groups excluding carboxylic acids is 1. The highest BCUT2D eigenvalue weighted by Crippen LogP contribution is 2.13. The summed E-state index contributed by atoms with van der Waals surface area (Å²) in [7, 11) is -0.0451. The zero-order valence-corrected chi connectivity index (χ0v) is 9.84. The van der Waals surface area contributed by atoms with Crippen LogP contribution < -0.4 is 0 Å². The lowest BCUT2D eigenvalue weighted by Gasteiger charge is -2.09. The van der Waals surface area contributed by atoms with Gasteiger partial charge in [0.15, 0.2) is 0 Å². The molecular formula is C11H14O3S. The molecule has 0 heterocycles. The number of benzene rings is 1.